The molecule has 3 rings (SSSR count). The van der Waals surface area contributed by atoms with Crippen molar-refractivity contribution in [2.45, 2.75) is 25.3 Å². The summed E-state index contributed by atoms with van der Waals surface area (Å²) in [6, 6.07) is 5.47. The van der Waals surface area contributed by atoms with E-state index in [9.17, 15) is 4.39 Å². The van der Waals surface area contributed by atoms with E-state index in [1.54, 1.807) is 6.07 Å². The zero-order chi connectivity index (χ0) is 13.2. The average molecular weight is 400 g/mol. The molecular formula is C15H22BrCl2FN2. The van der Waals surface area contributed by atoms with Crippen LogP contribution in [-0.2, 0) is 0 Å². The SMILES string of the molecule is Cl.Cl.Fc1ccc(Br)c([C@@H](C2CCC2)N2CCNCC2)c1. The van der Waals surface area contributed by atoms with Gasteiger partial charge in [0.1, 0.15) is 5.82 Å². The Hall–Kier alpha value is 0.130. The van der Waals surface area contributed by atoms with Crippen LogP contribution in [0.5, 0.6) is 0 Å². The average Bonchev–Trinajstić information content (AvgIpc) is 2.38. The molecule has 120 valence electrons. The summed E-state index contributed by atoms with van der Waals surface area (Å²) in [5, 5.41) is 3.39. The maximum atomic E-state index is 13.6. The highest BCUT2D eigenvalue weighted by Crippen LogP contribution is 2.43. The van der Waals surface area contributed by atoms with Gasteiger partial charge < -0.3 is 5.32 Å². The number of hydrogen-bond acceptors (Lipinski definition) is 2. The molecule has 2 aliphatic rings. The Morgan fingerprint density at radius 1 is 1.19 bits per heavy atom. The molecule has 1 heterocycles. The van der Waals surface area contributed by atoms with Gasteiger partial charge >= 0.3 is 0 Å². The molecule has 1 saturated carbocycles. The highest BCUT2D eigenvalue weighted by atomic mass is 79.9. The molecule has 0 amide bonds. The minimum atomic E-state index is -0.127. The normalized spacial score (nSPS) is 20.9. The molecule has 0 bridgehead atoms. The molecule has 21 heavy (non-hydrogen) atoms. The van der Waals surface area contributed by atoms with E-state index in [0.29, 0.717) is 12.0 Å². The van der Waals surface area contributed by atoms with E-state index in [2.05, 4.69) is 26.1 Å². The molecule has 1 atom stereocenters. The lowest BCUT2D eigenvalue weighted by molar-refractivity contribution is 0.0830. The van der Waals surface area contributed by atoms with Crippen LogP contribution in [0.4, 0.5) is 4.39 Å². The van der Waals surface area contributed by atoms with Crippen LogP contribution in [0, 0.1) is 11.7 Å². The molecule has 1 saturated heterocycles. The van der Waals surface area contributed by atoms with Crippen molar-refractivity contribution in [2.24, 2.45) is 5.92 Å². The summed E-state index contributed by atoms with van der Waals surface area (Å²) in [6.45, 7) is 4.19. The summed E-state index contributed by atoms with van der Waals surface area (Å²) in [6.07, 6.45) is 3.87. The third-order valence-electron chi connectivity index (χ3n) is 4.42. The van der Waals surface area contributed by atoms with Gasteiger partial charge in [-0.1, -0.05) is 22.4 Å². The topological polar surface area (TPSA) is 15.3 Å². The van der Waals surface area contributed by atoms with Gasteiger partial charge in [-0.2, -0.15) is 0 Å². The molecule has 1 N–H and O–H groups in total. The van der Waals surface area contributed by atoms with Crippen molar-refractivity contribution in [3.05, 3.63) is 34.1 Å². The first-order valence-corrected chi connectivity index (χ1v) is 7.95. The molecule has 1 aliphatic heterocycles. The number of nitrogens with zero attached hydrogens (tertiary/aromatic N) is 1. The van der Waals surface area contributed by atoms with E-state index in [1.165, 1.54) is 25.3 Å². The summed E-state index contributed by atoms with van der Waals surface area (Å²) < 4.78 is 14.7. The maximum Gasteiger partial charge on any atom is 0.123 e. The molecule has 2 fully saturated rings. The number of hydrogen-bond donors (Lipinski definition) is 1. The molecular weight excluding hydrogens is 378 g/mol. The number of nitrogens with one attached hydrogen (secondary N) is 1. The summed E-state index contributed by atoms with van der Waals surface area (Å²) in [5.74, 6) is 0.564. The van der Waals surface area contributed by atoms with Crippen LogP contribution in [0.1, 0.15) is 30.9 Å². The van der Waals surface area contributed by atoms with Crippen LogP contribution < -0.4 is 5.32 Å². The molecule has 0 aromatic heterocycles. The van der Waals surface area contributed by atoms with E-state index in [4.69, 9.17) is 0 Å². The van der Waals surface area contributed by atoms with Crippen LogP contribution in [0.15, 0.2) is 22.7 Å². The van der Waals surface area contributed by atoms with Crippen molar-refractivity contribution in [3.8, 4) is 0 Å². The van der Waals surface area contributed by atoms with E-state index < -0.39 is 0 Å². The van der Waals surface area contributed by atoms with Gasteiger partial charge in [0.25, 0.3) is 0 Å². The van der Waals surface area contributed by atoms with Gasteiger partial charge in [0, 0.05) is 36.7 Å². The van der Waals surface area contributed by atoms with Crippen molar-refractivity contribution in [3.63, 3.8) is 0 Å². The third kappa shape index (κ3) is 4.32. The molecule has 2 nitrogen and oxygen atoms in total. The van der Waals surface area contributed by atoms with Crippen molar-refractivity contribution < 1.29 is 4.39 Å². The largest absolute Gasteiger partial charge is 0.314 e. The quantitative estimate of drug-likeness (QED) is 0.820. The fourth-order valence-electron chi connectivity index (χ4n) is 3.21. The van der Waals surface area contributed by atoms with Crippen LogP contribution in [0.25, 0.3) is 0 Å². The Balaban J connectivity index is 0.00000110. The summed E-state index contributed by atoms with van der Waals surface area (Å²) in [5.41, 5.74) is 1.13. The monoisotopic (exact) mass is 398 g/mol. The number of piperazine rings is 1. The highest BCUT2D eigenvalue weighted by Gasteiger charge is 2.34. The Labute approximate surface area is 146 Å². The van der Waals surface area contributed by atoms with Crippen LogP contribution >= 0.6 is 40.7 Å². The third-order valence-corrected chi connectivity index (χ3v) is 5.14. The molecule has 0 spiro atoms. The summed E-state index contributed by atoms with van der Waals surface area (Å²) in [7, 11) is 0. The summed E-state index contributed by atoms with van der Waals surface area (Å²) in [4.78, 5) is 2.53. The Bertz CT molecular complexity index is 451. The lowest BCUT2D eigenvalue weighted by Gasteiger charge is -2.43. The second-order valence-corrected chi connectivity index (χ2v) is 6.44. The van der Waals surface area contributed by atoms with Crippen LogP contribution in [0.3, 0.4) is 0 Å². The molecule has 6 heteroatoms. The van der Waals surface area contributed by atoms with E-state index >= 15 is 0 Å². The van der Waals surface area contributed by atoms with Crippen molar-refractivity contribution in [2.75, 3.05) is 26.2 Å². The standard InChI is InChI=1S/C15H20BrFN2.2ClH/c16-14-5-4-12(17)10-13(14)15(11-2-1-3-11)19-8-6-18-7-9-19;;/h4-5,10-11,15,18H,1-3,6-9H2;2*1H/t15-;;/m1../s1. The van der Waals surface area contributed by atoms with E-state index in [-0.39, 0.29) is 30.6 Å². The first kappa shape index (κ1) is 19.2. The predicted molar refractivity (Wildman–Crippen MR) is 93.1 cm³/mol. The van der Waals surface area contributed by atoms with E-state index in [0.717, 1.165) is 36.2 Å². The maximum absolute atomic E-state index is 13.6. The van der Waals surface area contributed by atoms with E-state index in [1.807, 2.05) is 6.07 Å². The first-order chi connectivity index (χ1) is 9.25. The lowest BCUT2D eigenvalue weighted by Crippen LogP contribution is -2.48. The fraction of sp³-hybridized carbons (Fsp3) is 0.600. The van der Waals surface area contributed by atoms with Gasteiger partial charge in [-0.05, 0) is 42.5 Å². The second-order valence-electron chi connectivity index (χ2n) is 5.59. The molecule has 0 radical (unpaired) electrons. The highest BCUT2D eigenvalue weighted by molar-refractivity contribution is 9.10. The minimum Gasteiger partial charge on any atom is -0.314 e. The number of halogens is 4. The smallest absolute Gasteiger partial charge is 0.123 e. The first-order valence-electron chi connectivity index (χ1n) is 7.15. The van der Waals surface area contributed by atoms with Gasteiger partial charge in [-0.15, -0.1) is 24.8 Å². The Kier molecular flexibility index (Phi) is 7.93. The molecule has 1 aliphatic carbocycles. The van der Waals surface area contributed by atoms with Gasteiger partial charge in [-0.3, -0.25) is 4.90 Å². The Morgan fingerprint density at radius 3 is 2.43 bits per heavy atom. The van der Waals surface area contributed by atoms with Crippen LogP contribution in [-0.4, -0.2) is 31.1 Å². The van der Waals surface area contributed by atoms with Gasteiger partial charge in [0.2, 0.25) is 0 Å². The van der Waals surface area contributed by atoms with Gasteiger partial charge in [-0.25, -0.2) is 4.39 Å². The van der Waals surface area contributed by atoms with Gasteiger partial charge in [0.15, 0.2) is 0 Å². The molecule has 1 aromatic carbocycles. The molecule has 0 unspecified atom stereocenters. The predicted octanol–water partition coefficient (Wildman–Crippen LogP) is 4.18. The van der Waals surface area contributed by atoms with Crippen molar-refractivity contribution in [1.29, 1.82) is 0 Å². The Morgan fingerprint density at radius 2 is 1.86 bits per heavy atom. The molecule has 1 aromatic rings. The van der Waals surface area contributed by atoms with Gasteiger partial charge in [0.05, 0.1) is 0 Å². The van der Waals surface area contributed by atoms with Crippen molar-refractivity contribution in [1.82, 2.24) is 10.2 Å². The van der Waals surface area contributed by atoms with Crippen molar-refractivity contribution >= 4 is 40.7 Å². The second kappa shape index (κ2) is 8.68. The zero-order valence-electron chi connectivity index (χ0n) is 11.9. The number of benzene rings is 1. The lowest BCUT2D eigenvalue weighted by atomic mass is 9.76. The zero-order valence-corrected chi connectivity index (χ0v) is 15.1. The van der Waals surface area contributed by atoms with Crippen LogP contribution in [0.2, 0.25) is 0 Å². The minimum absolute atomic E-state index is 0. The fourth-order valence-corrected chi connectivity index (χ4v) is 3.69. The summed E-state index contributed by atoms with van der Waals surface area (Å²) >= 11 is 3.61. The number of rotatable bonds is 3.